The topological polar surface area (TPSA) is 75.5 Å². The molecule has 1 heterocycles. The van der Waals surface area contributed by atoms with E-state index in [9.17, 15) is 9.90 Å². The maximum absolute atomic E-state index is 11.6. The molecule has 5 heteroatoms. The number of oxazole rings is 1. The molecule has 0 aliphatic carbocycles. The summed E-state index contributed by atoms with van der Waals surface area (Å²) in [6.45, 7) is 7.16. The third-order valence-corrected chi connectivity index (χ3v) is 2.77. The Hall–Kier alpha value is -2.69. The van der Waals surface area contributed by atoms with Crippen LogP contribution in [0.3, 0.4) is 0 Å². The van der Waals surface area contributed by atoms with Gasteiger partial charge in [0.15, 0.2) is 22.5 Å². The summed E-state index contributed by atoms with van der Waals surface area (Å²) in [5.74, 6) is 0.393. The fraction of sp³-hybridized carbons (Fsp3) is 0.133. The van der Waals surface area contributed by atoms with Crippen molar-refractivity contribution in [2.24, 2.45) is 0 Å². The lowest BCUT2D eigenvalue weighted by molar-refractivity contribution is 0.371. The van der Waals surface area contributed by atoms with Crippen LogP contribution in [0.25, 0.3) is 12.7 Å². The number of benzene rings is 1. The molecule has 2 N–H and O–H groups in total. The van der Waals surface area contributed by atoms with Crippen LogP contribution in [-0.2, 0) is 6.42 Å². The molecule has 0 radical (unpaired) electrons. The second kappa shape index (κ2) is 5.52. The zero-order chi connectivity index (χ0) is 14.7. The van der Waals surface area contributed by atoms with Crippen LogP contribution in [0.1, 0.15) is 11.1 Å². The Kier molecular flexibility index (Phi) is 3.79. The van der Waals surface area contributed by atoms with Crippen molar-refractivity contribution >= 4 is 12.7 Å². The molecule has 0 fully saturated rings. The van der Waals surface area contributed by atoms with Crippen molar-refractivity contribution < 1.29 is 14.3 Å². The van der Waals surface area contributed by atoms with Crippen molar-refractivity contribution in [3.8, 4) is 11.5 Å². The summed E-state index contributed by atoms with van der Waals surface area (Å²) in [7, 11) is 1.46. The van der Waals surface area contributed by atoms with E-state index in [-0.39, 0.29) is 22.3 Å². The minimum atomic E-state index is -0.354. The highest BCUT2D eigenvalue weighted by Crippen LogP contribution is 2.32. The van der Waals surface area contributed by atoms with E-state index in [0.29, 0.717) is 23.3 Å². The van der Waals surface area contributed by atoms with E-state index in [0.717, 1.165) is 0 Å². The Morgan fingerprint density at radius 3 is 2.80 bits per heavy atom. The molecule has 20 heavy (non-hydrogen) atoms. The van der Waals surface area contributed by atoms with E-state index in [2.05, 4.69) is 18.1 Å². The van der Waals surface area contributed by atoms with E-state index in [4.69, 9.17) is 9.15 Å². The first-order chi connectivity index (χ1) is 9.55. The molecule has 0 saturated carbocycles. The Morgan fingerprint density at radius 1 is 1.50 bits per heavy atom. The fourth-order valence-electron chi connectivity index (χ4n) is 1.88. The van der Waals surface area contributed by atoms with Gasteiger partial charge in [-0.25, -0.2) is 0 Å². The van der Waals surface area contributed by atoms with Crippen LogP contribution in [0.15, 0.2) is 34.0 Å². The van der Waals surface area contributed by atoms with Crippen molar-refractivity contribution in [1.29, 1.82) is 0 Å². The van der Waals surface area contributed by atoms with E-state index < -0.39 is 0 Å². The predicted molar refractivity (Wildman–Crippen MR) is 76.2 cm³/mol. The van der Waals surface area contributed by atoms with Crippen LogP contribution in [-0.4, -0.2) is 17.2 Å². The molecule has 5 nitrogen and oxygen atoms in total. The van der Waals surface area contributed by atoms with Crippen molar-refractivity contribution in [2.45, 2.75) is 6.42 Å². The lowest BCUT2D eigenvalue weighted by Gasteiger charge is -2.09. The smallest absolute Gasteiger partial charge is 0.293 e. The number of aromatic hydroxyl groups is 1. The van der Waals surface area contributed by atoms with E-state index >= 15 is 0 Å². The van der Waals surface area contributed by atoms with Crippen LogP contribution in [0.2, 0.25) is 0 Å². The van der Waals surface area contributed by atoms with Crippen LogP contribution >= 0.6 is 0 Å². The second-order valence-corrected chi connectivity index (χ2v) is 4.21. The number of aromatic nitrogens is 1. The minimum Gasteiger partial charge on any atom is -0.504 e. The molecule has 104 valence electrons. The van der Waals surface area contributed by atoms with E-state index in [1.807, 2.05) is 0 Å². The van der Waals surface area contributed by atoms with E-state index in [1.165, 1.54) is 7.11 Å². The first-order valence-corrected chi connectivity index (χ1v) is 5.95. The highest BCUT2D eigenvalue weighted by molar-refractivity contribution is 5.58. The number of hydrogen-bond donors (Lipinski definition) is 2. The van der Waals surface area contributed by atoms with E-state index in [1.54, 1.807) is 24.3 Å². The predicted octanol–water partition coefficient (Wildman–Crippen LogP) is 0.650. The number of hydrogen-bond acceptors (Lipinski definition) is 4. The molecule has 0 atom stereocenters. The van der Waals surface area contributed by atoms with Crippen LogP contribution in [0.4, 0.5) is 0 Å². The standard InChI is InChI=1S/C15H15NO4/c1-4-5-11-6-10(7-12(19-3)14(11)17)8-13-15(18)16-9(2)20-13/h4,6-8,17H,1-2,5H2,3H3,(H,16,18)/b13-8-. The molecule has 0 aliphatic heterocycles. The number of nitrogens with one attached hydrogen (secondary N) is 1. The van der Waals surface area contributed by atoms with Gasteiger partial charge in [0.1, 0.15) is 0 Å². The van der Waals surface area contributed by atoms with Crippen molar-refractivity contribution in [1.82, 2.24) is 4.98 Å². The maximum atomic E-state index is 11.6. The van der Waals surface area contributed by atoms with Gasteiger partial charge < -0.3 is 14.3 Å². The number of ether oxygens (including phenoxy) is 1. The molecule has 1 aromatic carbocycles. The Labute approximate surface area is 115 Å². The molecule has 0 saturated heterocycles. The fourth-order valence-corrected chi connectivity index (χ4v) is 1.88. The number of phenolic OH excluding ortho intramolecular Hbond substituents is 1. The second-order valence-electron chi connectivity index (χ2n) is 4.21. The number of rotatable bonds is 4. The van der Waals surface area contributed by atoms with Gasteiger partial charge in [-0.1, -0.05) is 6.08 Å². The summed E-state index contributed by atoms with van der Waals surface area (Å²) >= 11 is 0. The summed E-state index contributed by atoms with van der Waals surface area (Å²) in [5.41, 5.74) is 1.32. The molecule has 0 aliphatic rings. The average Bonchev–Trinajstić information content (AvgIpc) is 2.71. The normalized spacial score (nSPS) is 11.6. The number of aromatic amines is 1. The largest absolute Gasteiger partial charge is 0.504 e. The zero-order valence-corrected chi connectivity index (χ0v) is 11.1. The van der Waals surface area contributed by atoms with Crippen LogP contribution in [0, 0.1) is 0 Å². The summed E-state index contributed by atoms with van der Waals surface area (Å²) in [5, 5.41) is 9.98. The van der Waals surface area contributed by atoms with Gasteiger partial charge in [-0.3, -0.25) is 9.78 Å². The number of H-pyrrole nitrogens is 1. The Morgan fingerprint density at radius 2 is 2.25 bits per heavy atom. The summed E-state index contributed by atoms with van der Waals surface area (Å²) in [6.07, 6.45) is 3.72. The summed E-state index contributed by atoms with van der Waals surface area (Å²) in [6, 6.07) is 3.36. The van der Waals surface area contributed by atoms with Gasteiger partial charge in [-0.05, 0) is 36.8 Å². The lowest BCUT2D eigenvalue weighted by atomic mass is 10.1. The van der Waals surface area contributed by atoms with Crippen molar-refractivity contribution in [3.05, 3.63) is 57.2 Å². The average molecular weight is 273 g/mol. The summed E-state index contributed by atoms with van der Waals surface area (Å²) in [4.78, 5) is 14.0. The monoisotopic (exact) mass is 273 g/mol. The van der Waals surface area contributed by atoms with Gasteiger partial charge in [-0.15, -0.1) is 6.58 Å². The number of phenols is 1. The third-order valence-electron chi connectivity index (χ3n) is 2.77. The molecular formula is C15H15NO4. The molecule has 1 aromatic heterocycles. The molecule has 0 spiro atoms. The summed E-state index contributed by atoms with van der Waals surface area (Å²) < 4.78 is 10.3. The quantitative estimate of drug-likeness (QED) is 0.802. The molecular weight excluding hydrogens is 258 g/mol. The third kappa shape index (κ3) is 2.66. The molecule has 0 amide bonds. The molecule has 0 unspecified atom stereocenters. The Bertz CT molecular complexity index is 798. The van der Waals surface area contributed by atoms with Gasteiger partial charge in [0, 0.05) is 5.56 Å². The van der Waals surface area contributed by atoms with Crippen LogP contribution in [0.5, 0.6) is 11.5 Å². The first kappa shape index (κ1) is 13.7. The number of allylic oxidation sites excluding steroid dienone is 1. The highest BCUT2D eigenvalue weighted by Gasteiger charge is 2.09. The van der Waals surface area contributed by atoms with Crippen molar-refractivity contribution in [2.75, 3.05) is 7.11 Å². The molecule has 0 bridgehead atoms. The minimum absolute atomic E-state index is 0.0655. The Balaban J connectivity index is 2.63. The van der Waals surface area contributed by atoms with Gasteiger partial charge in [-0.2, -0.15) is 0 Å². The van der Waals surface area contributed by atoms with Gasteiger partial charge in [0.2, 0.25) is 0 Å². The zero-order valence-electron chi connectivity index (χ0n) is 11.1. The maximum Gasteiger partial charge on any atom is 0.293 e. The highest BCUT2D eigenvalue weighted by atomic mass is 16.5. The van der Waals surface area contributed by atoms with Gasteiger partial charge in [0.25, 0.3) is 5.56 Å². The van der Waals surface area contributed by atoms with Crippen molar-refractivity contribution in [3.63, 3.8) is 0 Å². The first-order valence-electron chi connectivity index (χ1n) is 5.95. The number of methoxy groups -OCH3 is 1. The van der Waals surface area contributed by atoms with Crippen LogP contribution < -0.4 is 21.3 Å². The SMILES string of the molecule is C=CCc1cc(/C=c2\oc(=C)[nH]c2=O)cc(OC)c1O. The lowest BCUT2D eigenvalue weighted by Crippen LogP contribution is -2.20. The molecule has 2 aromatic rings. The van der Waals surface area contributed by atoms with Gasteiger partial charge >= 0.3 is 0 Å². The molecule has 2 rings (SSSR count). The van der Waals surface area contributed by atoms with Gasteiger partial charge in [0.05, 0.1) is 7.11 Å².